The van der Waals surface area contributed by atoms with Gasteiger partial charge in [0.25, 0.3) is 0 Å². The lowest BCUT2D eigenvalue weighted by Crippen LogP contribution is -3.00. The first-order valence-electron chi connectivity index (χ1n) is 6.00. The van der Waals surface area contributed by atoms with Crippen molar-refractivity contribution in [3.63, 3.8) is 0 Å². The summed E-state index contributed by atoms with van der Waals surface area (Å²) in [4.78, 5) is 0. The molecule has 0 bridgehead atoms. The Bertz CT molecular complexity index is 269. The van der Waals surface area contributed by atoms with Crippen molar-refractivity contribution >= 4 is 7.26 Å². The van der Waals surface area contributed by atoms with Crippen molar-refractivity contribution < 1.29 is 17.0 Å². The maximum atomic E-state index is 2.50. The molecule has 0 spiro atoms. The minimum Gasteiger partial charge on any atom is -1.00 e. The van der Waals surface area contributed by atoms with E-state index in [1.807, 2.05) is 0 Å². The molecule has 0 fully saturated rings. The van der Waals surface area contributed by atoms with Gasteiger partial charge in [-0.05, 0) is 12.0 Å². The van der Waals surface area contributed by atoms with Gasteiger partial charge < -0.3 is 17.0 Å². The second-order valence-corrected chi connectivity index (χ2v) is 9.65. The van der Waals surface area contributed by atoms with Gasteiger partial charge in [-0.25, -0.2) is 0 Å². The van der Waals surface area contributed by atoms with Gasteiger partial charge in [0, 0.05) is 20.6 Å². The molecule has 0 amide bonds. The van der Waals surface area contributed by atoms with E-state index in [4.69, 9.17) is 0 Å². The first-order valence-corrected chi connectivity index (χ1v) is 9.05. The first kappa shape index (κ1) is 16.1. The smallest absolute Gasteiger partial charge is 0.0837 e. The molecule has 1 aromatic carbocycles. The van der Waals surface area contributed by atoms with E-state index in [1.165, 1.54) is 37.1 Å². The van der Waals surface area contributed by atoms with E-state index < -0.39 is 7.26 Å². The molecular formula is C14H24BrP. The van der Waals surface area contributed by atoms with E-state index in [0.717, 1.165) is 0 Å². The zero-order valence-corrected chi connectivity index (χ0v) is 13.2. The van der Waals surface area contributed by atoms with Crippen LogP contribution >= 0.6 is 7.26 Å². The molecule has 0 N–H and O–H groups in total. The van der Waals surface area contributed by atoms with Crippen molar-refractivity contribution in [2.75, 3.05) is 19.5 Å². The van der Waals surface area contributed by atoms with Crippen LogP contribution in [-0.2, 0) is 6.16 Å². The van der Waals surface area contributed by atoms with E-state index in [0.29, 0.717) is 0 Å². The van der Waals surface area contributed by atoms with Gasteiger partial charge >= 0.3 is 0 Å². The highest BCUT2D eigenvalue weighted by Crippen LogP contribution is 2.54. The lowest BCUT2D eigenvalue weighted by atomic mass is 10.2. The number of unbranched alkanes of at least 4 members (excludes halogenated alkanes) is 2. The van der Waals surface area contributed by atoms with Crippen LogP contribution in [0.4, 0.5) is 0 Å². The Kier molecular flexibility index (Phi) is 8.32. The lowest BCUT2D eigenvalue weighted by Gasteiger charge is -2.18. The maximum Gasteiger partial charge on any atom is 0.0837 e. The molecule has 1 aromatic rings. The van der Waals surface area contributed by atoms with Gasteiger partial charge in [-0.3, -0.25) is 0 Å². The Balaban J connectivity index is 0.00000225. The number of benzene rings is 1. The average molecular weight is 303 g/mol. The summed E-state index contributed by atoms with van der Waals surface area (Å²) in [6, 6.07) is 10.9. The molecule has 0 nitrogen and oxygen atoms in total. The Morgan fingerprint density at radius 2 is 1.62 bits per heavy atom. The molecule has 0 saturated heterocycles. The van der Waals surface area contributed by atoms with E-state index in [1.54, 1.807) is 0 Å². The predicted octanol–water partition coefficient (Wildman–Crippen LogP) is 1.66. The van der Waals surface area contributed by atoms with Gasteiger partial charge in [-0.1, -0.05) is 50.1 Å². The summed E-state index contributed by atoms with van der Waals surface area (Å²) >= 11 is 0. The van der Waals surface area contributed by atoms with E-state index >= 15 is 0 Å². The molecule has 16 heavy (non-hydrogen) atoms. The van der Waals surface area contributed by atoms with Crippen molar-refractivity contribution in [3.05, 3.63) is 35.9 Å². The summed E-state index contributed by atoms with van der Waals surface area (Å²) in [5.41, 5.74) is 1.52. The number of hydrogen-bond donors (Lipinski definition) is 0. The molecule has 0 heterocycles. The summed E-state index contributed by atoms with van der Waals surface area (Å²) in [6.45, 7) is 7.27. The van der Waals surface area contributed by atoms with Crippen molar-refractivity contribution in [1.29, 1.82) is 0 Å². The second-order valence-electron chi connectivity index (χ2n) is 5.01. The number of halogens is 1. The van der Waals surface area contributed by atoms with Gasteiger partial charge in [-0.2, -0.15) is 0 Å². The summed E-state index contributed by atoms with van der Waals surface area (Å²) in [6.07, 6.45) is 6.93. The molecule has 1 rings (SSSR count). The van der Waals surface area contributed by atoms with Gasteiger partial charge in [0.05, 0.1) is 12.3 Å². The Morgan fingerprint density at radius 1 is 1.00 bits per heavy atom. The fraction of sp³-hybridized carbons (Fsp3) is 0.571. The molecule has 0 aliphatic rings. The Hall–Kier alpha value is 0.130. The molecule has 0 radical (unpaired) electrons. The molecule has 0 saturated carbocycles. The van der Waals surface area contributed by atoms with Crippen LogP contribution in [-0.4, -0.2) is 19.5 Å². The van der Waals surface area contributed by atoms with Crippen molar-refractivity contribution in [1.82, 2.24) is 0 Å². The topological polar surface area (TPSA) is 0 Å². The van der Waals surface area contributed by atoms with Crippen LogP contribution in [0.25, 0.3) is 0 Å². The lowest BCUT2D eigenvalue weighted by molar-refractivity contribution is -0.00000348. The quantitative estimate of drug-likeness (QED) is 0.554. The van der Waals surface area contributed by atoms with E-state index in [9.17, 15) is 0 Å². The fourth-order valence-corrected chi connectivity index (χ4v) is 4.38. The monoisotopic (exact) mass is 302 g/mol. The largest absolute Gasteiger partial charge is 1.00 e. The highest BCUT2D eigenvalue weighted by atomic mass is 79.9. The Labute approximate surface area is 112 Å². The summed E-state index contributed by atoms with van der Waals surface area (Å²) in [5, 5.41) is 0. The van der Waals surface area contributed by atoms with Gasteiger partial charge in [0.2, 0.25) is 0 Å². The zero-order chi connectivity index (χ0) is 11.1. The highest BCUT2D eigenvalue weighted by molar-refractivity contribution is 7.73. The van der Waals surface area contributed by atoms with Crippen LogP contribution in [0.3, 0.4) is 0 Å². The SMILES string of the molecule is CCCCC[P+](C)(C)Cc1ccccc1.[Br-]. The molecule has 0 aliphatic heterocycles. The van der Waals surface area contributed by atoms with Crippen LogP contribution in [0.15, 0.2) is 30.3 Å². The third-order valence-electron chi connectivity index (χ3n) is 2.82. The summed E-state index contributed by atoms with van der Waals surface area (Å²) in [5.74, 6) is 0. The van der Waals surface area contributed by atoms with Crippen LogP contribution < -0.4 is 17.0 Å². The standard InChI is InChI=1S/C14H24P.BrH/c1-4-5-9-12-15(2,3)13-14-10-7-6-8-11-14;/h6-8,10-11H,4-5,9,12-13H2,1-3H3;1H/q+1;/p-1. The molecule has 0 aliphatic carbocycles. The number of hydrogen-bond acceptors (Lipinski definition) is 0. The van der Waals surface area contributed by atoms with Gasteiger partial charge in [0.1, 0.15) is 0 Å². The first-order chi connectivity index (χ1) is 7.14. The van der Waals surface area contributed by atoms with Gasteiger partial charge in [-0.15, -0.1) is 0 Å². The average Bonchev–Trinajstić information content (AvgIpc) is 2.18. The van der Waals surface area contributed by atoms with Gasteiger partial charge in [0.15, 0.2) is 0 Å². The highest BCUT2D eigenvalue weighted by Gasteiger charge is 2.24. The maximum absolute atomic E-state index is 2.50. The third kappa shape index (κ3) is 6.66. The van der Waals surface area contributed by atoms with E-state index in [-0.39, 0.29) is 17.0 Å². The molecule has 2 heteroatoms. The third-order valence-corrected chi connectivity index (χ3v) is 5.57. The zero-order valence-electron chi connectivity index (χ0n) is 10.7. The van der Waals surface area contributed by atoms with Crippen LogP contribution in [0.5, 0.6) is 0 Å². The van der Waals surface area contributed by atoms with Crippen molar-refractivity contribution in [2.45, 2.75) is 32.3 Å². The number of rotatable bonds is 6. The fourth-order valence-electron chi connectivity index (χ4n) is 1.95. The normalized spacial score (nSPS) is 10.9. The molecule has 0 unspecified atom stereocenters. The molecular weight excluding hydrogens is 279 g/mol. The molecule has 0 atom stereocenters. The van der Waals surface area contributed by atoms with Crippen LogP contribution in [0, 0.1) is 0 Å². The van der Waals surface area contributed by atoms with Crippen molar-refractivity contribution in [2.24, 2.45) is 0 Å². The van der Waals surface area contributed by atoms with Crippen molar-refractivity contribution in [3.8, 4) is 0 Å². The molecule has 92 valence electrons. The Morgan fingerprint density at radius 3 is 2.19 bits per heavy atom. The summed E-state index contributed by atoms with van der Waals surface area (Å²) < 4.78 is 0. The molecule has 0 aromatic heterocycles. The summed E-state index contributed by atoms with van der Waals surface area (Å²) in [7, 11) is -0.694. The van der Waals surface area contributed by atoms with Crippen LogP contribution in [0.2, 0.25) is 0 Å². The van der Waals surface area contributed by atoms with Crippen LogP contribution in [0.1, 0.15) is 31.7 Å². The predicted molar refractivity (Wildman–Crippen MR) is 73.3 cm³/mol. The second kappa shape index (κ2) is 8.25. The van der Waals surface area contributed by atoms with E-state index in [2.05, 4.69) is 50.6 Å². The minimum absolute atomic E-state index is 0. The minimum atomic E-state index is -0.694.